The molecule has 10 heteroatoms. The van der Waals surface area contributed by atoms with E-state index in [1.54, 1.807) is 47.1 Å². The molecule has 0 bridgehead atoms. The minimum atomic E-state index is -3.76. The number of hydrogen-bond acceptors (Lipinski definition) is 6. The van der Waals surface area contributed by atoms with Crippen LogP contribution in [-0.2, 0) is 10.0 Å². The standard InChI is InChI=1S/C21H14ClN5O3S/c22-14-4-3-5-17(12-14)31(28,29)26-15-8-10-16(11-9-15)30-21-20-25-23-13-27(20)19-7-2-1-6-18(19)24-21/h1-13,26H. The highest BCUT2D eigenvalue weighted by atomic mass is 35.5. The Morgan fingerprint density at radius 2 is 1.77 bits per heavy atom. The van der Waals surface area contributed by atoms with E-state index in [1.807, 2.05) is 24.3 Å². The third-order valence-corrected chi connectivity index (χ3v) is 6.14. The Labute approximate surface area is 182 Å². The molecule has 0 unspecified atom stereocenters. The summed E-state index contributed by atoms with van der Waals surface area (Å²) in [5, 5.41) is 8.39. The lowest BCUT2D eigenvalue weighted by Gasteiger charge is -2.10. The number of hydrogen-bond donors (Lipinski definition) is 1. The second-order valence-electron chi connectivity index (χ2n) is 6.62. The van der Waals surface area contributed by atoms with Crippen molar-refractivity contribution < 1.29 is 13.2 Å². The first-order valence-electron chi connectivity index (χ1n) is 9.14. The van der Waals surface area contributed by atoms with Crippen molar-refractivity contribution in [2.45, 2.75) is 4.90 Å². The number of ether oxygens (including phenoxy) is 1. The van der Waals surface area contributed by atoms with Gasteiger partial charge in [-0.1, -0.05) is 29.8 Å². The maximum absolute atomic E-state index is 12.5. The van der Waals surface area contributed by atoms with E-state index in [0.29, 0.717) is 28.0 Å². The maximum atomic E-state index is 12.5. The van der Waals surface area contributed by atoms with E-state index < -0.39 is 10.0 Å². The first-order chi connectivity index (χ1) is 15.0. The summed E-state index contributed by atoms with van der Waals surface area (Å²) in [5.41, 5.74) is 2.45. The summed E-state index contributed by atoms with van der Waals surface area (Å²) in [5.74, 6) is 0.766. The molecule has 5 rings (SSSR count). The third kappa shape index (κ3) is 3.76. The van der Waals surface area contributed by atoms with Gasteiger partial charge in [-0.15, -0.1) is 10.2 Å². The number of fused-ring (bicyclic) bond motifs is 3. The number of benzene rings is 3. The van der Waals surface area contributed by atoms with Crippen molar-refractivity contribution in [3.63, 3.8) is 0 Å². The minimum Gasteiger partial charge on any atom is -0.436 e. The largest absolute Gasteiger partial charge is 0.436 e. The van der Waals surface area contributed by atoms with Crippen molar-refractivity contribution in [3.8, 4) is 11.6 Å². The number of nitrogens with one attached hydrogen (secondary N) is 1. The van der Waals surface area contributed by atoms with Gasteiger partial charge in [-0.05, 0) is 54.6 Å². The number of sulfonamides is 1. The zero-order chi connectivity index (χ0) is 21.4. The second kappa shape index (κ2) is 7.53. The number of rotatable bonds is 5. The molecule has 0 spiro atoms. The van der Waals surface area contributed by atoms with E-state index in [4.69, 9.17) is 16.3 Å². The molecule has 2 heterocycles. The Hall–Kier alpha value is -3.69. The normalized spacial score (nSPS) is 11.6. The Balaban J connectivity index is 1.41. The molecule has 0 amide bonds. The van der Waals surface area contributed by atoms with E-state index in [9.17, 15) is 8.42 Å². The molecule has 0 aliphatic rings. The highest BCUT2D eigenvalue weighted by Gasteiger charge is 2.15. The lowest BCUT2D eigenvalue weighted by Crippen LogP contribution is -2.12. The molecule has 1 N–H and O–H groups in total. The number of aromatic nitrogens is 4. The Morgan fingerprint density at radius 3 is 2.58 bits per heavy atom. The van der Waals surface area contributed by atoms with Crippen LogP contribution in [0.1, 0.15) is 0 Å². The lowest BCUT2D eigenvalue weighted by atomic mass is 10.3. The van der Waals surface area contributed by atoms with Gasteiger partial charge in [-0.3, -0.25) is 9.12 Å². The predicted octanol–water partition coefficient (Wildman–Crippen LogP) is 4.52. The molecule has 0 saturated carbocycles. The third-order valence-electron chi connectivity index (χ3n) is 4.53. The van der Waals surface area contributed by atoms with E-state index in [0.717, 1.165) is 11.0 Å². The summed E-state index contributed by atoms with van der Waals surface area (Å²) in [4.78, 5) is 4.61. The average Bonchev–Trinajstić information content (AvgIpc) is 3.26. The van der Waals surface area contributed by atoms with Crippen LogP contribution >= 0.6 is 11.6 Å². The van der Waals surface area contributed by atoms with E-state index in [-0.39, 0.29) is 4.90 Å². The van der Waals surface area contributed by atoms with Crippen molar-refractivity contribution in [1.82, 2.24) is 19.6 Å². The Morgan fingerprint density at radius 1 is 0.968 bits per heavy atom. The van der Waals surface area contributed by atoms with Crippen LogP contribution in [0.25, 0.3) is 16.7 Å². The molecule has 0 aliphatic carbocycles. The van der Waals surface area contributed by atoms with Gasteiger partial charge in [0.25, 0.3) is 15.9 Å². The molecule has 0 atom stereocenters. The van der Waals surface area contributed by atoms with E-state index >= 15 is 0 Å². The highest BCUT2D eigenvalue weighted by molar-refractivity contribution is 7.92. The average molecular weight is 452 g/mol. The van der Waals surface area contributed by atoms with Crippen LogP contribution < -0.4 is 9.46 Å². The molecule has 31 heavy (non-hydrogen) atoms. The Bertz CT molecular complexity index is 1520. The molecule has 0 aliphatic heterocycles. The zero-order valence-electron chi connectivity index (χ0n) is 15.8. The topological polar surface area (TPSA) is 98.5 Å². The quantitative estimate of drug-likeness (QED) is 0.421. The van der Waals surface area contributed by atoms with Crippen LogP contribution in [0.4, 0.5) is 5.69 Å². The fourth-order valence-electron chi connectivity index (χ4n) is 3.10. The van der Waals surface area contributed by atoms with Gasteiger partial charge in [0, 0.05) is 10.7 Å². The van der Waals surface area contributed by atoms with Gasteiger partial charge < -0.3 is 4.74 Å². The summed E-state index contributed by atoms with van der Waals surface area (Å²) < 4.78 is 35.3. The van der Waals surface area contributed by atoms with Crippen LogP contribution in [0.5, 0.6) is 11.6 Å². The first-order valence-corrected chi connectivity index (χ1v) is 11.0. The summed E-state index contributed by atoms with van der Waals surface area (Å²) in [6, 6.07) is 20.1. The van der Waals surface area contributed by atoms with Gasteiger partial charge in [-0.2, -0.15) is 0 Å². The van der Waals surface area contributed by atoms with Crippen LogP contribution in [0.2, 0.25) is 5.02 Å². The summed E-state index contributed by atoms with van der Waals surface area (Å²) in [6.45, 7) is 0. The highest BCUT2D eigenvalue weighted by Crippen LogP contribution is 2.28. The number of nitrogens with zero attached hydrogens (tertiary/aromatic N) is 4. The molecule has 0 saturated heterocycles. The van der Waals surface area contributed by atoms with Crippen molar-refractivity contribution in [1.29, 1.82) is 0 Å². The van der Waals surface area contributed by atoms with Gasteiger partial charge in [0.15, 0.2) is 0 Å². The molecule has 8 nitrogen and oxygen atoms in total. The van der Waals surface area contributed by atoms with Crippen LogP contribution in [0.15, 0.2) is 84.0 Å². The molecule has 0 radical (unpaired) electrons. The van der Waals surface area contributed by atoms with Crippen molar-refractivity contribution >= 4 is 44.0 Å². The van der Waals surface area contributed by atoms with Gasteiger partial charge in [0.05, 0.1) is 15.9 Å². The smallest absolute Gasteiger partial charge is 0.266 e. The number of anilines is 1. The van der Waals surface area contributed by atoms with Crippen molar-refractivity contribution in [2.24, 2.45) is 0 Å². The van der Waals surface area contributed by atoms with Gasteiger partial charge >= 0.3 is 0 Å². The molecule has 2 aromatic heterocycles. The molecule has 3 aromatic carbocycles. The fraction of sp³-hybridized carbons (Fsp3) is 0. The monoisotopic (exact) mass is 451 g/mol. The fourth-order valence-corrected chi connectivity index (χ4v) is 4.46. The number of halogens is 1. The van der Waals surface area contributed by atoms with Gasteiger partial charge in [-0.25, -0.2) is 13.4 Å². The summed E-state index contributed by atoms with van der Waals surface area (Å²) in [7, 11) is -3.76. The Kier molecular flexibility index (Phi) is 4.68. The van der Waals surface area contributed by atoms with Gasteiger partial charge in [0.1, 0.15) is 12.1 Å². The minimum absolute atomic E-state index is 0.0786. The van der Waals surface area contributed by atoms with Crippen LogP contribution in [0, 0.1) is 0 Å². The lowest BCUT2D eigenvalue weighted by molar-refractivity contribution is 0.467. The van der Waals surface area contributed by atoms with Crippen LogP contribution in [0.3, 0.4) is 0 Å². The predicted molar refractivity (Wildman–Crippen MR) is 117 cm³/mol. The maximum Gasteiger partial charge on any atom is 0.266 e. The summed E-state index contributed by atoms with van der Waals surface area (Å²) in [6.07, 6.45) is 1.60. The SMILES string of the molecule is O=S(=O)(Nc1ccc(Oc2nc3ccccc3n3cnnc23)cc1)c1cccc(Cl)c1. The van der Waals surface area contributed by atoms with Crippen LogP contribution in [-0.4, -0.2) is 28.0 Å². The zero-order valence-corrected chi connectivity index (χ0v) is 17.4. The molecule has 154 valence electrons. The van der Waals surface area contributed by atoms with E-state index in [1.165, 1.54) is 12.1 Å². The van der Waals surface area contributed by atoms with Gasteiger partial charge in [0.2, 0.25) is 5.65 Å². The van der Waals surface area contributed by atoms with Crippen molar-refractivity contribution in [2.75, 3.05) is 4.72 Å². The number of para-hydroxylation sites is 2. The first kappa shape index (κ1) is 19.3. The second-order valence-corrected chi connectivity index (χ2v) is 8.74. The van der Waals surface area contributed by atoms with E-state index in [2.05, 4.69) is 19.9 Å². The summed E-state index contributed by atoms with van der Waals surface area (Å²) >= 11 is 5.90. The van der Waals surface area contributed by atoms with Crippen molar-refractivity contribution in [3.05, 3.63) is 84.1 Å². The molecule has 5 aromatic rings. The molecular weight excluding hydrogens is 438 g/mol. The molecule has 0 fully saturated rings. The molecular formula is C21H14ClN5O3S.